The third-order valence-corrected chi connectivity index (χ3v) is 5.35. The number of pyridine rings is 1. The minimum Gasteiger partial charge on any atom is -0.268 e. The van der Waals surface area contributed by atoms with Crippen LogP contribution in [0.5, 0.6) is 0 Å². The van der Waals surface area contributed by atoms with Crippen molar-refractivity contribution in [3.05, 3.63) is 81.6 Å². The van der Waals surface area contributed by atoms with E-state index in [0.29, 0.717) is 38.0 Å². The number of hydrogen-bond donors (Lipinski definition) is 0. The number of benzene rings is 2. The number of aromatic nitrogens is 3. The third kappa shape index (κ3) is 2.64. The van der Waals surface area contributed by atoms with Crippen LogP contribution < -0.4 is 4.90 Å². The summed E-state index contributed by atoms with van der Waals surface area (Å²) < 4.78 is 1.64. The lowest BCUT2D eigenvalue weighted by molar-refractivity contribution is 0.0926. The molecule has 3 heterocycles. The van der Waals surface area contributed by atoms with E-state index in [1.807, 2.05) is 12.1 Å². The van der Waals surface area contributed by atoms with Gasteiger partial charge in [-0.2, -0.15) is 5.10 Å². The second-order valence-electron chi connectivity index (χ2n) is 6.64. The van der Waals surface area contributed by atoms with Crippen molar-refractivity contribution in [1.82, 2.24) is 14.8 Å². The molecule has 0 aliphatic carbocycles. The lowest BCUT2D eigenvalue weighted by atomic mass is 10.1. The highest BCUT2D eigenvalue weighted by Gasteiger charge is 2.40. The predicted octanol–water partition coefficient (Wildman–Crippen LogP) is 4.84. The molecule has 0 N–H and O–H groups in total. The molecule has 29 heavy (non-hydrogen) atoms. The third-order valence-electron chi connectivity index (χ3n) is 4.86. The van der Waals surface area contributed by atoms with Crippen molar-refractivity contribution in [2.45, 2.75) is 6.92 Å². The number of carbonyl (C=O) groups is 2. The van der Waals surface area contributed by atoms with E-state index in [-0.39, 0.29) is 5.56 Å². The van der Waals surface area contributed by atoms with Gasteiger partial charge in [0.2, 0.25) is 0 Å². The lowest BCUT2D eigenvalue weighted by Gasteiger charge is -2.13. The largest absolute Gasteiger partial charge is 0.268 e. The number of anilines is 1. The predicted molar refractivity (Wildman–Crippen MR) is 111 cm³/mol. The van der Waals surface area contributed by atoms with Crippen molar-refractivity contribution in [3.63, 3.8) is 0 Å². The normalized spacial score (nSPS) is 13.4. The van der Waals surface area contributed by atoms with E-state index in [9.17, 15) is 9.59 Å². The summed E-state index contributed by atoms with van der Waals surface area (Å²) in [6, 6.07) is 13.8. The highest BCUT2D eigenvalue weighted by atomic mass is 35.5. The number of halogens is 2. The van der Waals surface area contributed by atoms with Gasteiger partial charge in [-0.25, -0.2) is 14.6 Å². The highest BCUT2D eigenvalue weighted by Crippen LogP contribution is 2.35. The number of carbonyl (C=O) groups excluding carboxylic acids is 2. The Morgan fingerprint density at radius 2 is 1.66 bits per heavy atom. The molecular formula is C21H12Cl2N4O2. The molecule has 4 aromatic rings. The van der Waals surface area contributed by atoms with Crippen molar-refractivity contribution in [2.75, 3.05) is 4.90 Å². The maximum atomic E-state index is 13.3. The summed E-state index contributed by atoms with van der Waals surface area (Å²) in [5.74, 6) is -0.848. The highest BCUT2D eigenvalue weighted by molar-refractivity contribution is 6.38. The topological polar surface area (TPSA) is 68.1 Å². The lowest BCUT2D eigenvalue weighted by Crippen LogP contribution is -2.29. The molecule has 6 nitrogen and oxygen atoms in total. The first-order chi connectivity index (χ1) is 14.0. The van der Waals surface area contributed by atoms with Gasteiger partial charge in [0, 0.05) is 16.2 Å². The number of nitrogens with zero attached hydrogens (tertiary/aromatic N) is 4. The fourth-order valence-electron chi connectivity index (χ4n) is 3.57. The Kier molecular flexibility index (Phi) is 3.94. The van der Waals surface area contributed by atoms with Gasteiger partial charge in [-0.15, -0.1) is 0 Å². The van der Waals surface area contributed by atoms with Crippen molar-refractivity contribution in [2.24, 2.45) is 0 Å². The van der Waals surface area contributed by atoms with Gasteiger partial charge in [-0.05, 0) is 49.4 Å². The summed E-state index contributed by atoms with van der Waals surface area (Å²) in [4.78, 5) is 31.8. The number of aryl methyl sites for hydroxylation is 1. The van der Waals surface area contributed by atoms with Gasteiger partial charge in [0.15, 0.2) is 5.65 Å². The van der Waals surface area contributed by atoms with E-state index in [2.05, 4.69) is 10.1 Å². The molecule has 0 spiro atoms. The van der Waals surface area contributed by atoms with Gasteiger partial charge in [0.1, 0.15) is 0 Å². The SMILES string of the molecule is Cc1nn(-c2ccc(Cl)cc2)c2ncc3c(c12)C(=O)N(c1cccc(Cl)c1)C3=O. The number of rotatable bonds is 2. The minimum atomic E-state index is -0.430. The molecular weight excluding hydrogens is 411 g/mol. The standard InChI is InChI=1S/C21H12Cl2N4O2/c1-11-17-18-16(20(28)26(21(18)29)15-4-2-3-13(23)9-15)10-24-19(17)27(25-11)14-7-5-12(22)6-8-14/h2-10H,1H3. The Balaban J connectivity index is 1.71. The van der Waals surface area contributed by atoms with Gasteiger partial charge in [0.25, 0.3) is 11.8 Å². The molecule has 0 saturated heterocycles. The number of amides is 2. The first kappa shape index (κ1) is 17.8. The van der Waals surface area contributed by atoms with Gasteiger partial charge in [0.05, 0.1) is 33.6 Å². The molecule has 1 aliphatic heterocycles. The summed E-state index contributed by atoms with van der Waals surface area (Å²) in [6.07, 6.45) is 1.43. The van der Waals surface area contributed by atoms with Crippen LogP contribution in [0.1, 0.15) is 26.4 Å². The van der Waals surface area contributed by atoms with Crippen LogP contribution in [0.4, 0.5) is 5.69 Å². The maximum absolute atomic E-state index is 13.3. The summed E-state index contributed by atoms with van der Waals surface area (Å²) in [5, 5.41) is 6.15. The molecule has 0 unspecified atom stereocenters. The second kappa shape index (κ2) is 6.40. The quantitative estimate of drug-likeness (QED) is 0.433. The zero-order chi connectivity index (χ0) is 20.3. The maximum Gasteiger partial charge on any atom is 0.267 e. The Bertz CT molecular complexity index is 1330. The van der Waals surface area contributed by atoms with Gasteiger partial charge in [-0.3, -0.25) is 9.59 Å². The minimum absolute atomic E-state index is 0.251. The van der Waals surface area contributed by atoms with Crippen LogP contribution >= 0.6 is 23.2 Å². The van der Waals surface area contributed by atoms with E-state index < -0.39 is 11.8 Å². The van der Waals surface area contributed by atoms with Crippen molar-refractivity contribution in [3.8, 4) is 5.69 Å². The van der Waals surface area contributed by atoms with Crippen LogP contribution in [-0.4, -0.2) is 26.6 Å². The van der Waals surface area contributed by atoms with Crippen LogP contribution in [0.15, 0.2) is 54.7 Å². The summed E-state index contributed by atoms with van der Waals surface area (Å²) in [6.45, 7) is 1.79. The molecule has 0 fully saturated rings. The molecule has 1 aliphatic rings. The first-order valence-corrected chi connectivity index (χ1v) is 9.50. The molecule has 5 rings (SSSR count). The zero-order valence-corrected chi connectivity index (χ0v) is 16.6. The van der Waals surface area contributed by atoms with Crippen molar-refractivity contribution >= 4 is 51.7 Å². The molecule has 2 amide bonds. The molecule has 142 valence electrons. The van der Waals surface area contributed by atoms with Crippen molar-refractivity contribution < 1.29 is 9.59 Å². The number of hydrogen-bond acceptors (Lipinski definition) is 4. The number of imide groups is 1. The number of fused-ring (bicyclic) bond motifs is 3. The average molecular weight is 423 g/mol. The van der Waals surface area contributed by atoms with Crippen molar-refractivity contribution in [1.29, 1.82) is 0 Å². The molecule has 0 radical (unpaired) electrons. The first-order valence-electron chi connectivity index (χ1n) is 8.74. The summed E-state index contributed by atoms with van der Waals surface area (Å²) in [5.41, 5.74) is 2.83. The van der Waals surface area contributed by atoms with E-state index in [1.54, 1.807) is 48.0 Å². The Morgan fingerprint density at radius 3 is 2.38 bits per heavy atom. The van der Waals surface area contributed by atoms with E-state index in [4.69, 9.17) is 23.2 Å². The smallest absolute Gasteiger partial charge is 0.267 e. The Morgan fingerprint density at radius 1 is 0.897 bits per heavy atom. The fourth-order valence-corrected chi connectivity index (χ4v) is 3.88. The van der Waals surface area contributed by atoms with Crippen LogP contribution in [0.3, 0.4) is 0 Å². The average Bonchev–Trinajstić information content (AvgIpc) is 3.17. The fraction of sp³-hybridized carbons (Fsp3) is 0.0476. The van der Waals surface area contributed by atoms with Crippen LogP contribution in [0.25, 0.3) is 16.7 Å². The Labute approximate surface area is 175 Å². The Hall–Kier alpha value is -3.22. The zero-order valence-electron chi connectivity index (χ0n) is 15.1. The van der Waals surface area contributed by atoms with Gasteiger partial charge in [-0.1, -0.05) is 29.3 Å². The summed E-state index contributed by atoms with van der Waals surface area (Å²) in [7, 11) is 0. The van der Waals surface area contributed by atoms with Gasteiger partial charge < -0.3 is 0 Å². The molecule has 0 saturated carbocycles. The molecule has 2 aromatic heterocycles. The van der Waals surface area contributed by atoms with E-state index >= 15 is 0 Å². The van der Waals surface area contributed by atoms with E-state index in [0.717, 1.165) is 10.6 Å². The van der Waals surface area contributed by atoms with Crippen LogP contribution in [0.2, 0.25) is 10.0 Å². The molecule has 0 bridgehead atoms. The second-order valence-corrected chi connectivity index (χ2v) is 7.52. The van der Waals surface area contributed by atoms with Crippen LogP contribution in [0, 0.1) is 6.92 Å². The van der Waals surface area contributed by atoms with E-state index in [1.165, 1.54) is 6.20 Å². The van der Waals surface area contributed by atoms with Gasteiger partial charge >= 0.3 is 0 Å². The summed E-state index contributed by atoms with van der Waals surface area (Å²) >= 11 is 12.0. The molecule has 8 heteroatoms. The monoisotopic (exact) mass is 422 g/mol. The molecule has 2 aromatic carbocycles. The van der Waals surface area contributed by atoms with Crippen LogP contribution in [-0.2, 0) is 0 Å². The molecule has 0 atom stereocenters.